The number of ether oxygens (including phenoxy) is 2. The average molecular weight is 339 g/mol. The van der Waals surface area contributed by atoms with Crippen LogP contribution in [-0.2, 0) is 11.3 Å². The Hall–Kier alpha value is -1.88. The average Bonchev–Trinajstić information content (AvgIpc) is 2.47. The molecule has 0 aliphatic carbocycles. The van der Waals surface area contributed by atoms with E-state index >= 15 is 0 Å². The Morgan fingerprint density at radius 2 is 2.00 bits per heavy atom. The highest BCUT2D eigenvalue weighted by atomic mass is 79.9. The first-order valence-corrected chi connectivity index (χ1v) is 6.65. The molecule has 0 saturated carbocycles. The minimum Gasteiger partial charge on any atom is -0.486 e. The minimum atomic E-state index is -0.455. The van der Waals surface area contributed by atoms with Crippen LogP contribution in [0.3, 0.4) is 0 Å². The van der Waals surface area contributed by atoms with Crippen LogP contribution in [0.1, 0.15) is 15.9 Å². The Bertz CT molecular complexity index is 628. The van der Waals surface area contributed by atoms with Crippen LogP contribution in [-0.4, -0.2) is 13.1 Å². The van der Waals surface area contributed by atoms with E-state index in [1.807, 2.05) is 0 Å². The molecular weight excluding hydrogens is 327 g/mol. The molecule has 0 heterocycles. The zero-order valence-corrected chi connectivity index (χ0v) is 12.3. The molecule has 104 valence electrons. The van der Waals surface area contributed by atoms with Crippen molar-refractivity contribution in [3.8, 4) is 5.75 Å². The van der Waals surface area contributed by atoms with Crippen molar-refractivity contribution < 1.29 is 18.7 Å². The van der Waals surface area contributed by atoms with Crippen molar-refractivity contribution in [2.45, 2.75) is 6.61 Å². The summed E-state index contributed by atoms with van der Waals surface area (Å²) in [5.74, 6) is -0.776. The third kappa shape index (κ3) is 3.36. The summed E-state index contributed by atoms with van der Waals surface area (Å²) >= 11 is 3.25. The lowest BCUT2D eigenvalue weighted by atomic mass is 10.1. The summed E-state index contributed by atoms with van der Waals surface area (Å²) in [5, 5.41) is 0. The molecule has 0 bridgehead atoms. The summed E-state index contributed by atoms with van der Waals surface area (Å²) in [6.45, 7) is 0.0820. The van der Waals surface area contributed by atoms with Crippen LogP contribution >= 0.6 is 15.9 Å². The first-order chi connectivity index (χ1) is 9.61. The van der Waals surface area contributed by atoms with Crippen molar-refractivity contribution in [3.05, 3.63) is 63.9 Å². The molecule has 0 spiro atoms. The summed E-state index contributed by atoms with van der Waals surface area (Å²) in [6, 6.07) is 11.3. The summed E-state index contributed by atoms with van der Waals surface area (Å²) in [4.78, 5) is 11.6. The number of rotatable bonds is 4. The topological polar surface area (TPSA) is 35.5 Å². The molecular formula is C15H12BrFO3. The van der Waals surface area contributed by atoms with Crippen LogP contribution in [0.15, 0.2) is 46.9 Å². The van der Waals surface area contributed by atoms with E-state index in [2.05, 4.69) is 15.9 Å². The van der Waals surface area contributed by atoms with Gasteiger partial charge >= 0.3 is 5.97 Å². The molecule has 5 heteroatoms. The van der Waals surface area contributed by atoms with Crippen LogP contribution in [0.5, 0.6) is 5.75 Å². The fraction of sp³-hybridized carbons (Fsp3) is 0.133. The molecule has 0 amide bonds. The predicted octanol–water partition coefficient (Wildman–Crippen LogP) is 3.95. The smallest absolute Gasteiger partial charge is 0.338 e. The molecule has 2 aromatic rings. The van der Waals surface area contributed by atoms with Gasteiger partial charge in [-0.3, -0.25) is 0 Å². The molecule has 2 aromatic carbocycles. The zero-order chi connectivity index (χ0) is 14.5. The molecule has 0 aromatic heterocycles. The van der Waals surface area contributed by atoms with E-state index in [-0.39, 0.29) is 12.4 Å². The first-order valence-electron chi connectivity index (χ1n) is 5.86. The molecule has 20 heavy (non-hydrogen) atoms. The quantitative estimate of drug-likeness (QED) is 0.791. The van der Waals surface area contributed by atoms with Gasteiger partial charge in [0.15, 0.2) is 11.6 Å². The molecule has 0 atom stereocenters. The number of halogens is 2. The maximum absolute atomic E-state index is 13.6. The summed E-state index contributed by atoms with van der Waals surface area (Å²) < 4.78 is 24.4. The number of esters is 1. The van der Waals surface area contributed by atoms with Gasteiger partial charge in [0, 0.05) is 10.0 Å². The predicted molar refractivity (Wildman–Crippen MR) is 76.2 cm³/mol. The Labute approximate surface area is 124 Å². The van der Waals surface area contributed by atoms with Gasteiger partial charge in [0.05, 0.1) is 12.7 Å². The van der Waals surface area contributed by atoms with Gasteiger partial charge in [0.25, 0.3) is 0 Å². The standard InChI is InChI=1S/C15H12BrFO3/c1-19-15(18)12-5-3-2-4-10(12)9-20-14-8-11(16)6-7-13(14)17/h2-8H,9H2,1H3. The van der Waals surface area contributed by atoms with Crippen molar-refractivity contribution in [2.24, 2.45) is 0 Å². The van der Waals surface area contributed by atoms with E-state index in [1.54, 1.807) is 30.3 Å². The first kappa shape index (κ1) is 14.5. The number of methoxy groups -OCH3 is 1. The highest BCUT2D eigenvalue weighted by Gasteiger charge is 2.12. The fourth-order valence-corrected chi connectivity index (χ4v) is 2.04. The number of benzene rings is 2. The lowest BCUT2D eigenvalue weighted by Crippen LogP contribution is -2.08. The third-order valence-corrected chi connectivity index (χ3v) is 3.19. The molecule has 0 radical (unpaired) electrons. The lowest BCUT2D eigenvalue weighted by molar-refractivity contribution is 0.0597. The number of carbonyl (C=O) groups is 1. The molecule has 0 aliphatic rings. The van der Waals surface area contributed by atoms with E-state index < -0.39 is 11.8 Å². The molecule has 0 saturated heterocycles. The fourth-order valence-electron chi connectivity index (χ4n) is 1.70. The van der Waals surface area contributed by atoms with Crippen molar-refractivity contribution in [1.29, 1.82) is 0 Å². The highest BCUT2D eigenvalue weighted by molar-refractivity contribution is 9.10. The largest absolute Gasteiger partial charge is 0.486 e. The second-order valence-corrected chi connectivity index (χ2v) is 4.93. The summed E-state index contributed by atoms with van der Waals surface area (Å²) in [7, 11) is 1.31. The number of hydrogen-bond acceptors (Lipinski definition) is 3. The summed E-state index contributed by atoms with van der Waals surface area (Å²) in [6.07, 6.45) is 0. The zero-order valence-electron chi connectivity index (χ0n) is 10.7. The van der Waals surface area contributed by atoms with Crippen molar-refractivity contribution >= 4 is 21.9 Å². The molecule has 0 aliphatic heterocycles. The second kappa shape index (κ2) is 6.52. The second-order valence-electron chi connectivity index (χ2n) is 4.01. The van der Waals surface area contributed by atoms with Crippen LogP contribution in [0.2, 0.25) is 0 Å². The van der Waals surface area contributed by atoms with Crippen LogP contribution < -0.4 is 4.74 Å². The van der Waals surface area contributed by atoms with Gasteiger partial charge in [0.2, 0.25) is 0 Å². The van der Waals surface area contributed by atoms with Crippen LogP contribution in [0, 0.1) is 5.82 Å². The Morgan fingerprint density at radius 3 is 2.75 bits per heavy atom. The van der Waals surface area contributed by atoms with Crippen molar-refractivity contribution in [2.75, 3.05) is 7.11 Å². The SMILES string of the molecule is COC(=O)c1ccccc1COc1cc(Br)ccc1F. The van der Waals surface area contributed by atoms with Gasteiger partial charge in [-0.2, -0.15) is 0 Å². The van der Waals surface area contributed by atoms with Crippen LogP contribution in [0.4, 0.5) is 4.39 Å². The maximum atomic E-state index is 13.6. The number of hydrogen-bond donors (Lipinski definition) is 0. The van der Waals surface area contributed by atoms with Crippen LogP contribution in [0.25, 0.3) is 0 Å². The third-order valence-electron chi connectivity index (χ3n) is 2.70. The van der Waals surface area contributed by atoms with Gasteiger partial charge in [0.1, 0.15) is 6.61 Å². The van der Waals surface area contributed by atoms with Gasteiger partial charge < -0.3 is 9.47 Å². The van der Waals surface area contributed by atoms with E-state index in [0.29, 0.717) is 11.1 Å². The number of carbonyl (C=O) groups excluding carboxylic acids is 1. The molecule has 2 rings (SSSR count). The molecule has 0 unspecified atom stereocenters. The highest BCUT2D eigenvalue weighted by Crippen LogP contribution is 2.23. The Balaban J connectivity index is 2.19. The lowest BCUT2D eigenvalue weighted by Gasteiger charge is -2.10. The Kier molecular flexibility index (Phi) is 4.74. The van der Waals surface area contributed by atoms with Gasteiger partial charge in [-0.15, -0.1) is 0 Å². The van der Waals surface area contributed by atoms with Gasteiger partial charge in [-0.1, -0.05) is 34.1 Å². The van der Waals surface area contributed by atoms with Gasteiger partial charge in [-0.25, -0.2) is 9.18 Å². The van der Waals surface area contributed by atoms with Crippen molar-refractivity contribution in [3.63, 3.8) is 0 Å². The minimum absolute atomic E-state index is 0.0820. The van der Waals surface area contributed by atoms with Crippen molar-refractivity contribution in [1.82, 2.24) is 0 Å². The van der Waals surface area contributed by atoms with Gasteiger partial charge in [-0.05, 0) is 24.3 Å². The van der Waals surface area contributed by atoms with E-state index in [9.17, 15) is 9.18 Å². The Morgan fingerprint density at radius 1 is 1.25 bits per heavy atom. The maximum Gasteiger partial charge on any atom is 0.338 e. The van der Waals surface area contributed by atoms with E-state index in [0.717, 1.165) is 4.47 Å². The van der Waals surface area contributed by atoms with E-state index in [1.165, 1.54) is 19.2 Å². The molecule has 0 fully saturated rings. The normalized spacial score (nSPS) is 10.2. The van der Waals surface area contributed by atoms with E-state index in [4.69, 9.17) is 9.47 Å². The molecule has 3 nitrogen and oxygen atoms in total. The molecule has 0 N–H and O–H groups in total. The summed E-state index contributed by atoms with van der Waals surface area (Å²) in [5.41, 5.74) is 1.05. The monoisotopic (exact) mass is 338 g/mol.